The maximum Gasteiger partial charge on any atom is 0.146 e. The minimum atomic E-state index is -0.252. The Morgan fingerprint density at radius 1 is 1.25 bits per heavy atom. The number of nitrogens with zero attached hydrogens (tertiary/aromatic N) is 2. The average molecular weight is 433 g/mol. The molecule has 0 spiro atoms. The van der Waals surface area contributed by atoms with E-state index in [4.69, 9.17) is 4.98 Å². The summed E-state index contributed by atoms with van der Waals surface area (Å²) in [6, 6.07) is 1.57. The number of hydrogen-bond acceptors (Lipinski definition) is 4. The molecule has 32 heavy (non-hydrogen) atoms. The van der Waals surface area contributed by atoms with Crippen LogP contribution < -0.4 is 0 Å². The van der Waals surface area contributed by atoms with Crippen LogP contribution in [0.15, 0.2) is 23.3 Å². The van der Waals surface area contributed by atoms with Gasteiger partial charge in [-0.1, -0.05) is 13.8 Å². The van der Waals surface area contributed by atoms with Gasteiger partial charge in [-0.05, 0) is 72.4 Å². The molecule has 0 fully saturated rings. The number of Topliss-reactive ketones (excluding diaryl/α,β-unsaturated/α-hetero) is 1. The molecule has 3 aliphatic rings. The Labute approximate surface area is 188 Å². The van der Waals surface area contributed by atoms with Crippen LogP contribution in [0, 0.1) is 18.7 Å². The summed E-state index contributed by atoms with van der Waals surface area (Å²) < 4.78 is 14.7. The topological polar surface area (TPSA) is 50.3 Å². The van der Waals surface area contributed by atoms with E-state index in [0.29, 0.717) is 36.3 Å². The number of ketones is 1. The molecule has 0 amide bonds. The second-order valence-corrected chi connectivity index (χ2v) is 9.56. The van der Waals surface area contributed by atoms with E-state index >= 15 is 0 Å². The molecule has 2 heterocycles. The van der Waals surface area contributed by atoms with E-state index in [1.54, 1.807) is 6.07 Å². The summed E-state index contributed by atoms with van der Waals surface area (Å²) >= 11 is 0. The summed E-state index contributed by atoms with van der Waals surface area (Å²) in [5.74, 6) is 0.123. The van der Waals surface area contributed by atoms with Gasteiger partial charge in [0, 0.05) is 42.9 Å². The monoisotopic (exact) mass is 432 g/mol. The Hall–Kier alpha value is -2.82. The van der Waals surface area contributed by atoms with Gasteiger partial charge < -0.3 is 4.90 Å². The number of pyridine rings is 1. The van der Waals surface area contributed by atoms with Gasteiger partial charge in [-0.2, -0.15) is 0 Å². The number of carbonyl (C=O) groups is 2. The van der Waals surface area contributed by atoms with E-state index in [1.165, 1.54) is 11.1 Å². The van der Waals surface area contributed by atoms with Crippen LogP contribution in [0.2, 0.25) is 0 Å². The average Bonchev–Trinajstić information content (AvgIpc) is 3.08. The van der Waals surface area contributed by atoms with Crippen molar-refractivity contribution in [3.05, 3.63) is 57.1 Å². The number of rotatable bonds is 3. The van der Waals surface area contributed by atoms with E-state index in [-0.39, 0.29) is 17.5 Å². The number of halogens is 1. The molecule has 1 aliphatic heterocycles. The fourth-order valence-electron chi connectivity index (χ4n) is 5.95. The highest BCUT2D eigenvalue weighted by molar-refractivity contribution is 5.94. The minimum absolute atomic E-state index is 0.197. The first-order valence-corrected chi connectivity index (χ1v) is 11.6. The van der Waals surface area contributed by atoms with Crippen molar-refractivity contribution in [2.45, 2.75) is 65.3 Å². The maximum atomic E-state index is 14.7. The van der Waals surface area contributed by atoms with Gasteiger partial charge >= 0.3 is 0 Å². The quantitative estimate of drug-likeness (QED) is 0.609. The summed E-state index contributed by atoms with van der Waals surface area (Å²) in [7, 11) is 2.03. The number of carbonyl (C=O) groups excluding carboxylic acids is 2. The summed E-state index contributed by atoms with van der Waals surface area (Å²) in [5, 5.41) is 1.13. The number of fused-ring (bicyclic) bond motifs is 2. The van der Waals surface area contributed by atoms with Gasteiger partial charge in [-0.3, -0.25) is 9.59 Å². The summed E-state index contributed by atoms with van der Waals surface area (Å²) in [6.45, 7) is 6.84. The van der Waals surface area contributed by atoms with Crippen molar-refractivity contribution in [2.24, 2.45) is 5.92 Å². The maximum absolute atomic E-state index is 14.7. The zero-order valence-electron chi connectivity index (χ0n) is 19.2. The molecule has 1 aromatic heterocycles. The van der Waals surface area contributed by atoms with Gasteiger partial charge in [0.25, 0.3) is 0 Å². The lowest BCUT2D eigenvalue weighted by atomic mass is 9.78. The van der Waals surface area contributed by atoms with Crippen LogP contribution in [0.25, 0.3) is 16.6 Å². The highest BCUT2D eigenvalue weighted by Crippen LogP contribution is 2.46. The molecule has 0 N–H and O–H groups in total. The molecular weight excluding hydrogens is 403 g/mol. The van der Waals surface area contributed by atoms with Crippen LogP contribution in [0.3, 0.4) is 0 Å². The normalized spacial score (nSPS) is 24.0. The SMILES string of the molecule is CCC1C(=O)CCC(C=O)=C1/C=C1/c2nc3cc(F)c(C)c4c3c(c2CN1C)C(C)CC4. The number of hydrogen-bond donors (Lipinski definition) is 0. The summed E-state index contributed by atoms with van der Waals surface area (Å²) in [6.07, 6.45) is 6.38. The molecule has 0 bridgehead atoms. The van der Waals surface area contributed by atoms with Crippen molar-refractivity contribution >= 4 is 28.7 Å². The zero-order chi connectivity index (χ0) is 22.7. The molecule has 4 nitrogen and oxygen atoms in total. The molecule has 1 aromatic carbocycles. The van der Waals surface area contributed by atoms with E-state index in [0.717, 1.165) is 59.1 Å². The van der Waals surface area contributed by atoms with E-state index in [9.17, 15) is 14.0 Å². The third kappa shape index (κ3) is 2.97. The van der Waals surface area contributed by atoms with E-state index < -0.39 is 0 Å². The second-order valence-electron chi connectivity index (χ2n) is 9.56. The number of benzene rings is 1. The zero-order valence-corrected chi connectivity index (χ0v) is 19.2. The lowest BCUT2D eigenvalue weighted by Crippen LogP contribution is -2.22. The molecule has 5 heteroatoms. The molecule has 2 atom stereocenters. The van der Waals surface area contributed by atoms with Crippen LogP contribution in [-0.4, -0.2) is 29.0 Å². The summed E-state index contributed by atoms with van der Waals surface area (Å²) in [4.78, 5) is 31.5. The number of aromatic nitrogens is 1. The lowest BCUT2D eigenvalue weighted by Gasteiger charge is -2.26. The van der Waals surface area contributed by atoms with Crippen molar-refractivity contribution in [3.63, 3.8) is 0 Å². The molecule has 2 unspecified atom stereocenters. The number of aryl methyl sites for hydroxylation is 1. The van der Waals surface area contributed by atoms with E-state index in [2.05, 4.69) is 11.8 Å². The Kier molecular flexibility index (Phi) is 5.03. The van der Waals surface area contributed by atoms with Crippen LogP contribution in [0.4, 0.5) is 4.39 Å². The predicted molar refractivity (Wildman–Crippen MR) is 124 cm³/mol. The molecular formula is C27H29FN2O2. The van der Waals surface area contributed by atoms with Crippen LogP contribution in [0.5, 0.6) is 0 Å². The van der Waals surface area contributed by atoms with Crippen LogP contribution >= 0.6 is 0 Å². The van der Waals surface area contributed by atoms with Gasteiger partial charge in [-0.15, -0.1) is 0 Å². The van der Waals surface area contributed by atoms with E-state index in [1.807, 2.05) is 27.0 Å². The van der Waals surface area contributed by atoms with Crippen molar-refractivity contribution < 1.29 is 14.0 Å². The van der Waals surface area contributed by atoms with Crippen molar-refractivity contribution in [1.82, 2.24) is 9.88 Å². The minimum Gasteiger partial charge on any atom is -0.368 e. The fourth-order valence-corrected chi connectivity index (χ4v) is 5.95. The molecule has 166 valence electrons. The Bertz CT molecular complexity index is 1240. The standard InChI is InChI=1S/C27H29FN2O2/c1-5-17-19(16(13-31)7-9-24(17)32)10-23-27-20(12-30(23)4)25-14(2)6-8-18-15(3)21(28)11-22(29-27)26(18)25/h10-11,13-14,17H,5-9,12H2,1-4H3/b23-10-. The molecule has 2 aliphatic carbocycles. The Morgan fingerprint density at radius 2 is 2.03 bits per heavy atom. The van der Waals surface area contributed by atoms with Gasteiger partial charge in [0.1, 0.15) is 17.9 Å². The molecule has 0 saturated heterocycles. The van der Waals surface area contributed by atoms with Crippen molar-refractivity contribution in [2.75, 3.05) is 7.05 Å². The Balaban J connectivity index is 1.78. The van der Waals surface area contributed by atoms with Crippen LogP contribution in [-0.2, 0) is 22.6 Å². The molecule has 5 rings (SSSR count). The molecule has 2 aromatic rings. The first kappa shape index (κ1) is 21.0. The molecule has 0 saturated carbocycles. The fraction of sp³-hybridized carbons (Fsp3) is 0.444. The predicted octanol–water partition coefficient (Wildman–Crippen LogP) is 5.40. The Morgan fingerprint density at radius 3 is 2.75 bits per heavy atom. The van der Waals surface area contributed by atoms with Gasteiger partial charge in [0.15, 0.2) is 0 Å². The first-order chi connectivity index (χ1) is 15.3. The highest BCUT2D eigenvalue weighted by Gasteiger charge is 2.34. The van der Waals surface area contributed by atoms with Crippen LogP contribution in [0.1, 0.15) is 73.4 Å². The third-order valence-corrected chi connectivity index (χ3v) is 7.73. The number of aldehydes is 1. The number of allylic oxidation sites excluding steroid dienone is 3. The van der Waals surface area contributed by atoms with Crippen molar-refractivity contribution in [1.29, 1.82) is 0 Å². The first-order valence-electron chi connectivity index (χ1n) is 11.6. The second kappa shape index (κ2) is 7.65. The van der Waals surface area contributed by atoms with Crippen molar-refractivity contribution in [3.8, 4) is 0 Å². The van der Waals surface area contributed by atoms with Gasteiger partial charge in [-0.25, -0.2) is 9.37 Å². The third-order valence-electron chi connectivity index (χ3n) is 7.73. The van der Waals surface area contributed by atoms with Gasteiger partial charge in [0.05, 0.1) is 16.9 Å². The summed E-state index contributed by atoms with van der Waals surface area (Å²) in [5.41, 5.74) is 8.36. The van der Waals surface area contributed by atoms with Gasteiger partial charge in [0.2, 0.25) is 0 Å². The smallest absolute Gasteiger partial charge is 0.146 e. The highest BCUT2D eigenvalue weighted by atomic mass is 19.1. The largest absolute Gasteiger partial charge is 0.368 e. The molecule has 0 radical (unpaired) electrons. The lowest BCUT2D eigenvalue weighted by molar-refractivity contribution is -0.122.